The van der Waals surface area contributed by atoms with Gasteiger partial charge in [0.1, 0.15) is 5.60 Å². The van der Waals surface area contributed by atoms with Crippen LogP contribution in [0.4, 0.5) is 4.79 Å². The minimum absolute atomic E-state index is 0.147. The maximum Gasteiger partial charge on any atom is 0.410 e. The molecule has 0 radical (unpaired) electrons. The first-order valence-corrected chi connectivity index (χ1v) is 6.77. The van der Waals surface area contributed by atoms with Crippen molar-refractivity contribution in [3.8, 4) is 0 Å². The Morgan fingerprint density at radius 3 is 2.47 bits per heavy atom. The second kappa shape index (κ2) is 6.26. The summed E-state index contributed by atoms with van der Waals surface area (Å²) < 4.78 is 10.1. The molecule has 0 aromatic rings. The van der Waals surface area contributed by atoms with Crippen LogP contribution in [0.2, 0.25) is 0 Å². The molecule has 0 aliphatic carbocycles. The smallest absolute Gasteiger partial charge is 0.410 e. The van der Waals surface area contributed by atoms with E-state index in [9.17, 15) is 9.59 Å². The monoisotopic (exact) mass is 271 g/mol. The van der Waals surface area contributed by atoms with Crippen molar-refractivity contribution in [2.24, 2.45) is 11.8 Å². The lowest BCUT2D eigenvalue weighted by Gasteiger charge is -2.37. The van der Waals surface area contributed by atoms with Crippen molar-refractivity contribution in [3.05, 3.63) is 0 Å². The van der Waals surface area contributed by atoms with E-state index in [2.05, 4.69) is 6.92 Å². The molecule has 2 unspecified atom stereocenters. The van der Waals surface area contributed by atoms with Crippen molar-refractivity contribution in [1.82, 2.24) is 4.90 Å². The van der Waals surface area contributed by atoms with Gasteiger partial charge >= 0.3 is 12.1 Å². The second-order valence-corrected chi connectivity index (χ2v) is 6.23. The summed E-state index contributed by atoms with van der Waals surface area (Å²) in [7, 11) is 1.39. The van der Waals surface area contributed by atoms with Gasteiger partial charge in [0.2, 0.25) is 0 Å². The molecule has 1 amide bonds. The Morgan fingerprint density at radius 2 is 1.95 bits per heavy atom. The van der Waals surface area contributed by atoms with Gasteiger partial charge in [-0.3, -0.25) is 4.79 Å². The van der Waals surface area contributed by atoms with Crippen molar-refractivity contribution in [3.63, 3.8) is 0 Å². The number of ether oxygens (including phenoxy) is 2. The highest BCUT2D eigenvalue weighted by Crippen LogP contribution is 2.27. The fourth-order valence-electron chi connectivity index (χ4n) is 2.20. The first-order valence-electron chi connectivity index (χ1n) is 6.77. The summed E-state index contributed by atoms with van der Waals surface area (Å²) in [5, 5.41) is 0. The predicted octanol–water partition coefficient (Wildman–Crippen LogP) is 2.44. The van der Waals surface area contributed by atoms with Crippen LogP contribution in [0.15, 0.2) is 0 Å². The third-order valence-electron chi connectivity index (χ3n) is 3.42. The van der Waals surface area contributed by atoms with Crippen LogP contribution in [0.25, 0.3) is 0 Å². The van der Waals surface area contributed by atoms with Gasteiger partial charge in [-0.1, -0.05) is 6.92 Å². The van der Waals surface area contributed by atoms with Crippen LogP contribution in [-0.4, -0.2) is 42.8 Å². The molecule has 2 atom stereocenters. The van der Waals surface area contributed by atoms with E-state index in [-0.39, 0.29) is 18.0 Å². The number of likely N-dealkylation sites (tertiary alicyclic amines) is 1. The number of esters is 1. The van der Waals surface area contributed by atoms with Crippen LogP contribution in [0.1, 0.15) is 40.5 Å². The van der Waals surface area contributed by atoms with E-state index in [1.807, 2.05) is 20.8 Å². The summed E-state index contributed by atoms with van der Waals surface area (Å²) in [5.74, 6) is 0.342. The van der Waals surface area contributed by atoms with Gasteiger partial charge in [0.05, 0.1) is 13.5 Å². The lowest BCUT2D eigenvalue weighted by atomic mass is 9.85. The predicted molar refractivity (Wildman–Crippen MR) is 71.7 cm³/mol. The number of amides is 1. The summed E-state index contributed by atoms with van der Waals surface area (Å²) in [6.07, 6.45) is 0.951. The second-order valence-electron chi connectivity index (χ2n) is 6.23. The van der Waals surface area contributed by atoms with Crippen molar-refractivity contribution < 1.29 is 19.1 Å². The van der Waals surface area contributed by atoms with Gasteiger partial charge < -0.3 is 14.4 Å². The Morgan fingerprint density at radius 1 is 1.32 bits per heavy atom. The molecule has 1 rings (SSSR count). The summed E-state index contributed by atoms with van der Waals surface area (Å²) in [6, 6.07) is 0. The molecule has 0 N–H and O–H groups in total. The molecule has 1 saturated heterocycles. The highest BCUT2D eigenvalue weighted by Gasteiger charge is 2.32. The number of hydrogen-bond donors (Lipinski definition) is 0. The molecule has 0 bridgehead atoms. The Balaban J connectivity index is 2.58. The van der Waals surface area contributed by atoms with E-state index in [1.165, 1.54) is 7.11 Å². The third-order valence-corrected chi connectivity index (χ3v) is 3.42. The van der Waals surface area contributed by atoms with Crippen LogP contribution in [0.5, 0.6) is 0 Å². The standard InChI is InChI=1S/C14H25NO4/c1-10-6-7-15(13(17)19-14(2,3)4)9-11(10)8-12(16)18-5/h10-11H,6-9H2,1-5H3. The Hall–Kier alpha value is -1.26. The van der Waals surface area contributed by atoms with Gasteiger partial charge in [-0.2, -0.15) is 0 Å². The molecule has 110 valence electrons. The zero-order valence-electron chi connectivity index (χ0n) is 12.6. The maximum atomic E-state index is 12.0. The minimum atomic E-state index is -0.488. The molecule has 0 saturated carbocycles. The average molecular weight is 271 g/mol. The largest absolute Gasteiger partial charge is 0.469 e. The van der Waals surface area contributed by atoms with Gasteiger partial charge in [0, 0.05) is 13.1 Å². The SMILES string of the molecule is COC(=O)CC1CN(C(=O)OC(C)(C)C)CCC1C. The van der Waals surface area contributed by atoms with Gasteiger partial charge in [0.15, 0.2) is 0 Å². The van der Waals surface area contributed by atoms with Crippen LogP contribution in [-0.2, 0) is 14.3 Å². The van der Waals surface area contributed by atoms with Crippen LogP contribution in [0.3, 0.4) is 0 Å². The number of nitrogens with zero attached hydrogens (tertiary/aromatic N) is 1. The van der Waals surface area contributed by atoms with Crippen molar-refractivity contribution in [1.29, 1.82) is 0 Å². The molecule has 1 heterocycles. The van der Waals surface area contributed by atoms with Crippen LogP contribution in [0, 0.1) is 11.8 Å². The number of carbonyl (C=O) groups is 2. The molecule has 5 heteroatoms. The summed E-state index contributed by atoms with van der Waals surface area (Å²) in [6.45, 7) is 8.91. The third kappa shape index (κ3) is 5.09. The van der Waals surface area contributed by atoms with E-state index in [1.54, 1.807) is 4.90 Å². The van der Waals surface area contributed by atoms with Crippen LogP contribution < -0.4 is 0 Å². The summed E-state index contributed by atoms with van der Waals surface area (Å²) in [5.41, 5.74) is -0.488. The number of carbonyl (C=O) groups excluding carboxylic acids is 2. The minimum Gasteiger partial charge on any atom is -0.469 e. The molecular weight excluding hydrogens is 246 g/mol. The molecule has 0 aromatic heterocycles. The molecule has 0 aromatic carbocycles. The first kappa shape index (κ1) is 15.8. The van der Waals surface area contributed by atoms with Crippen LogP contribution >= 0.6 is 0 Å². The summed E-state index contributed by atoms with van der Waals surface area (Å²) >= 11 is 0. The molecule has 0 spiro atoms. The zero-order valence-corrected chi connectivity index (χ0v) is 12.6. The Labute approximate surface area is 115 Å². The number of piperidine rings is 1. The van der Waals surface area contributed by atoms with Gasteiger partial charge in [-0.05, 0) is 39.0 Å². The highest BCUT2D eigenvalue weighted by molar-refractivity contribution is 5.70. The summed E-state index contributed by atoms with van der Waals surface area (Å²) in [4.78, 5) is 25.1. The van der Waals surface area contributed by atoms with E-state index < -0.39 is 5.60 Å². The van der Waals surface area contributed by atoms with Crippen molar-refractivity contribution in [2.75, 3.05) is 20.2 Å². The number of rotatable bonds is 2. The van der Waals surface area contributed by atoms with E-state index in [0.29, 0.717) is 25.4 Å². The fraction of sp³-hybridized carbons (Fsp3) is 0.857. The average Bonchev–Trinajstić information content (AvgIpc) is 2.29. The lowest BCUT2D eigenvalue weighted by molar-refractivity contribution is -0.142. The van der Waals surface area contributed by atoms with E-state index >= 15 is 0 Å². The number of hydrogen-bond acceptors (Lipinski definition) is 4. The van der Waals surface area contributed by atoms with Gasteiger partial charge in [-0.25, -0.2) is 4.79 Å². The van der Waals surface area contributed by atoms with Gasteiger partial charge in [0.25, 0.3) is 0 Å². The number of methoxy groups -OCH3 is 1. The van der Waals surface area contributed by atoms with Crippen molar-refractivity contribution >= 4 is 12.1 Å². The van der Waals surface area contributed by atoms with E-state index in [4.69, 9.17) is 9.47 Å². The Bertz CT molecular complexity index is 335. The molecule has 1 fully saturated rings. The van der Waals surface area contributed by atoms with E-state index in [0.717, 1.165) is 6.42 Å². The normalized spacial score (nSPS) is 23.9. The fourth-order valence-corrected chi connectivity index (χ4v) is 2.20. The van der Waals surface area contributed by atoms with Crippen molar-refractivity contribution in [2.45, 2.75) is 46.1 Å². The zero-order chi connectivity index (χ0) is 14.6. The maximum absolute atomic E-state index is 12.0. The Kier molecular flexibility index (Phi) is 5.20. The molecule has 5 nitrogen and oxygen atoms in total. The highest BCUT2D eigenvalue weighted by atomic mass is 16.6. The topological polar surface area (TPSA) is 55.8 Å². The lowest BCUT2D eigenvalue weighted by Crippen LogP contribution is -2.45. The molecule has 19 heavy (non-hydrogen) atoms. The first-order chi connectivity index (χ1) is 8.73. The van der Waals surface area contributed by atoms with Gasteiger partial charge in [-0.15, -0.1) is 0 Å². The quantitative estimate of drug-likeness (QED) is 0.724. The molecule has 1 aliphatic rings. The molecular formula is C14H25NO4. The molecule has 1 aliphatic heterocycles.